The molecule has 0 radical (unpaired) electrons. The first-order valence-corrected chi connectivity index (χ1v) is 7.94. The highest BCUT2D eigenvalue weighted by Crippen LogP contribution is 2.39. The van der Waals surface area contributed by atoms with E-state index in [0.29, 0.717) is 11.3 Å². The van der Waals surface area contributed by atoms with Gasteiger partial charge in [0.15, 0.2) is 0 Å². The molecule has 0 spiro atoms. The number of carboxylic acid groups (broad SMARTS) is 1. The number of hydrogen-bond donors (Lipinski definition) is 3. The lowest BCUT2D eigenvalue weighted by molar-refractivity contribution is 0.00578. The Kier molecular flexibility index (Phi) is 4.85. The minimum Gasteiger partial charge on any atom is -0.507 e. The minimum atomic E-state index is -1.17. The summed E-state index contributed by atoms with van der Waals surface area (Å²) < 4.78 is 12.0. The van der Waals surface area contributed by atoms with Crippen molar-refractivity contribution < 1.29 is 24.3 Å². The largest absolute Gasteiger partial charge is 0.507 e. The molecule has 23 heavy (non-hydrogen) atoms. The molecule has 1 aliphatic heterocycles. The maximum absolute atomic E-state index is 10.9. The van der Waals surface area contributed by atoms with E-state index in [-0.39, 0.29) is 11.3 Å². The van der Waals surface area contributed by atoms with Gasteiger partial charge in [-0.2, -0.15) is 12.6 Å². The van der Waals surface area contributed by atoms with Crippen LogP contribution < -0.4 is 0 Å². The molecule has 1 aromatic rings. The van der Waals surface area contributed by atoms with E-state index in [2.05, 4.69) is 12.6 Å². The summed E-state index contributed by atoms with van der Waals surface area (Å²) in [5.41, 5.74) is 0.426. The molecule has 0 aliphatic carbocycles. The molecule has 124 valence electrons. The van der Waals surface area contributed by atoms with Crippen molar-refractivity contribution in [3.05, 3.63) is 34.8 Å². The van der Waals surface area contributed by atoms with Crippen molar-refractivity contribution in [1.29, 1.82) is 0 Å². The van der Waals surface area contributed by atoms with Crippen LogP contribution in [-0.2, 0) is 9.31 Å². The highest BCUT2D eigenvalue weighted by atomic mass is 32.1. The van der Waals surface area contributed by atoms with Crippen LogP contribution in [-0.4, -0.2) is 40.3 Å². The molecule has 1 fully saturated rings. The average molecular weight is 336 g/mol. The molecule has 1 aromatic carbocycles. The second kappa shape index (κ2) is 6.22. The van der Waals surface area contributed by atoms with Gasteiger partial charge in [-0.15, -0.1) is 0 Å². The van der Waals surface area contributed by atoms with E-state index >= 15 is 0 Å². The van der Waals surface area contributed by atoms with Gasteiger partial charge in [0.25, 0.3) is 0 Å². The smallest absolute Gasteiger partial charge is 0.491 e. The van der Waals surface area contributed by atoms with Gasteiger partial charge in [0.1, 0.15) is 11.3 Å². The molecule has 1 heterocycles. The molecular weight excluding hydrogens is 315 g/mol. The van der Waals surface area contributed by atoms with Gasteiger partial charge in [0, 0.05) is 5.75 Å². The molecule has 5 nitrogen and oxygen atoms in total. The number of thiol groups is 1. The minimum absolute atomic E-state index is 0.134. The third-order valence-electron chi connectivity index (χ3n) is 4.34. The highest BCUT2D eigenvalue weighted by Gasteiger charge is 2.52. The van der Waals surface area contributed by atoms with Crippen molar-refractivity contribution in [2.45, 2.75) is 38.9 Å². The number of benzene rings is 1. The lowest BCUT2D eigenvalue weighted by atomic mass is 9.78. The van der Waals surface area contributed by atoms with Crippen molar-refractivity contribution in [2.75, 3.05) is 5.75 Å². The maximum Gasteiger partial charge on any atom is 0.491 e. The molecule has 0 amide bonds. The van der Waals surface area contributed by atoms with Crippen LogP contribution in [0.25, 0.3) is 6.08 Å². The van der Waals surface area contributed by atoms with Crippen molar-refractivity contribution >= 4 is 31.8 Å². The summed E-state index contributed by atoms with van der Waals surface area (Å²) in [6.07, 6.45) is 1.79. The van der Waals surface area contributed by atoms with Gasteiger partial charge in [-0.3, -0.25) is 0 Å². The Morgan fingerprint density at radius 1 is 1.26 bits per heavy atom. The Bertz CT molecular complexity index is 638. The molecule has 0 unspecified atom stereocenters. The van der Waals surface area contributed by atoms with Crippen molar-refractivity contribution in [3.63, 3.8) is 0 Å². The monoisotopic (exact) mass is 336 g/mol. The maximum atomic E-state index is 10.9. The summed E-state index contributed by atoms with van der Waals surface area (Å²) in [5, 5.41) is 18.7. The van der Waals surface area contributed by atoms with E-state index in [1.54, 1.807) is 12.1 Å². The van der Waals surface area contributed by atoms with Crippen LogP contribution in [0.3, 0.4) is 0 Å². The fraction of sp³-hybridized carbons (Fsp3) is 0.438. The highest BCUT2D eigenvalue weighted by molar-refractivity contribution is 7.80. The third-order valence-corrected chi connectivity index (χ3v) is 4.71. The van der Waals surface area contributed by atoms with Crippen LogP contribution >= 0.6 is 12.6 Å². The van der Waals surface area contributed by atoms with Gasteiger partial charge in [0.2, 0.25) is 0 Å². The SMILES string of the molecule is CC1(C)OB(C(=Cc2ccc(C(=O)O)c(O)c2)CS)OC1(C)C. The molecule has 2 N–H and O–H groups in total. The molecule has 1 aliphatic rings. The standard InChI is InChI=1S/C16H21BO5S/c1-15(2)16(3,4)22-17(21-15)11(9-23)7-10-5-6-12(14(19)20)13(18)8-10/h5-8,18,23H,9H2,1-4H3,(H,19,20). The van der Waals surface area contributed by atoms with Crippen LogP contribution in [0.4, 0.5) is 0 Å². The molecular formula is C16H21BO5S. The molecule has 0 saturated carbocycles. The molecule has 0 atom stereocenters. The fourth-order valence-corrected chi connectivity index (χ4v) is 2.46. The Balaban J connectivity index is 2.30. The zero-order valence-electron chi connectivity index (χ0n) is 13.7. The van der Waals surface area contributed by atoms with Gasteiger partial charge in [-0.25, -0.2) is 4.79 Å². The number of aromatic carboxylic acids is 1. The lowest BCUT2D eigenvalue weighted by Crippen LogP contribution is -2.41. The van der Waals surface area contributed by atoms with E-state index in [1.807, 2.05) is 27.7 Å². The first-order chi connectivity index (χ1) is 10.6. The first-order valence-electron chi connectivity index (χ1n) is 7.30. The average Bonchev–Trinajstić information content (AvgIpc) is 2.64. The topological polar surface area (TPSA) is 76.0 Å². The first kappa shape index (κ1) is 17.9. The second-order valence-corrected chi connectivity index (χ2v) is 6.86. The molecule has 1 saturated heterocycles. The summed E-state index contributed by atoms with van der Waals surface area (Å²) in [6.45, 7) is 7.88. The van der Waals surface area contributed by atoms with Crippen LogP contribution in [0.1, 0.15) is 43.6 Å². The number of phenols is 1. The molecule has 2 rings (SSSR count). The van der Waals surface area contributed by atoms with Gasteiger partial charge in [-0.05, 0) is 50.9 Å². The van der Waals surface area contributed by atoms with Gasteiger partial charge < -0.3 is 19.5 Å². The van der Waals surface area contributed by atoms with E-state index in [0.717, 1.165) is 5.47 Å². The third kappa shape index (κ3) is 3.57. The van der Waals surface area contributed by atoms with Crippen molar-refractivity contribution in [1.82, 2.24) is 0 Å². The summed E-state index contributed by atoms with van der Waals surface area (Å²) >= 11 is 4.33. The number of rotatable bonds is 4. The van der Waals surface area contributed by atoms with Crippen molar-refractivity contribution in [3.8, 4) is 5.75 Å². The van der Waals surface area contributed by atoms with Crippen LogP contribution in [0, 0.1) is 0 Å². The second-order valence-electron chi connectivity index (χ2n) is 6.55. The quantitative estimate of drug-likeness (QED) is 0.582. The predicted molar refractivity (Wildman–Crippen MR) is 93.0 cm³/mol. The summed E-state index contributed by atoms with van der Waals surface area (Å²) in [7, 11) is -0.529. The van der Waals surface area contributed by atoms with E-state index in [1.165, 1.54) is 12.1 Å². The lowest BCUT2D eigenvalue weighted by Gasteiger charge is -2.32. The zero-order valence-corrected chi connectivity index (χ0v) is 14.6. The number of aromatic hydroxyl groups is 1. The Morgan fingerprint density at radius 2 is 1.83 bits per heavy atom. The van der Waals surface area contributed by atoms with E-state index in [9.17, 15) is 9.90 Å². The summed E-state index contributed by atoms with van der Waals surface area (Å²) in [6, 6.07) is 4.39. The Labute approximate surface area is 141 Å². The number of carboxylic acids is 1. The summed E-state index contributed by atoms with van der Waals surface area (Å²) in [5.74, 6) is -1.03. The van der Waals surface area contributed by atoms with Crippen LogP contribution in [0.2, 0.25) is 0 Å². The zero-order chi connectivity index (χ0) is 17.4. The normalized spacial score (nSPS) is 19.9. The number of carbonyl (C=O) groups is 1. The van der Waals surface area contributed by atoms with E-state index < -0.39 is 24.3 Å². The molecule has 0 aromatic heterocycles. The van der Waals surface area contributed by atoms with Gasteiger partial charge in [0.05, 0.1) is 11.2 Å². The predicted octanol–water partition coefficient (Wildman–Crippen LogP) is 3.04. The van der Waals surface area contributed by atoms with Gasteiger partial charge in [-0.1, -0.05) is 12.1 Å². The number of hydrogen-bond acceptors (Lipinski definition) is 5. The fourth-order valence-electron chi connectivity index (χ4n) is 2.22. The van der Waals surface area contributed by atoms with Crippen LogP contribution in [0.15, 0.2) is 23.7 Å². The Hall–Kier alpha value is -1.44. The van der Waals surface area contributed by atoms with Gasteiger partial charge >= 0.3 is 13.1 Å². The summed E-state index contributed by atoms with van der Waals surface area (Å²) in [4.78, 5) is 10.9. The molecule has 0 bridgehead atoms. The Morgan fingerprint density at radius 3 is 2.26 bits per heavy atom. The van der Waals surface area contributed by atoms with Crippen molar-refractivity contribution in [2.24, 2.45) is 0 Å². The van der Waals surface area contributed by atoms with E-state index in [4.69, 9.17) is 14.4 Å². The molecule has 7 heteroatoms. The van der Waals surface area contributed by atoms with Crippen LogP contribution in [0.5, 0.6) is 5.75 Å².